The van der Waals surface area contributed by atoms with E-state index in [1.165, 1.54) is 0 Å². The Balaban J connectivity index is 1.91. The standard InChI is InChI=1S/C15H18N2O2/c1-12(17(2)11-14-9-6-10-19-14)15(18)16-13-7-4-3-5-8-13/h3-10,12H,11H2,1-2H3,(H,16,18)/t12-/m1/s1. The maximum absolute atomic E-state index is 12.1. The Morgan fingerprint density at radius 3 is 2.63 bits per heavy atom. The van der Waals surface area contributed by atoms with Crippen molar-refractivity contribution < 1.29 is 9.21 Å². The topological polar surface area (TPSA) is 45.5 Å². The molecule has 1 atom stereocenters. The number of hydrogen-bond acceptors (Lipinski definition) is 3. The third-order valence-electron chi connectivity index (χ3n) is 3.07. The number of nitrogens with zero attached hydrogens (tertiary/aromatic N) is 1. The molecule has 0 aliphatic rings. The molecule has 2 aromatic rings. The van der Waals surface area contributed by atoms with Crippen LogP contribution < -0.4 is 5.32 Å². The van der Waals surface area contributed by atoms with Crippen LogP contribution in [0.1, 0.15) is 12.7 Å². The summed E-state index contributed by atoms with van der Waals surface area (Å²) < 4.78 is 5.28. The van der Waals surface area contributed by atoms with Crippen molar-refractivity contribution in [3.05, 3.63) is 54.5 Å². The largest absolute Gasteiger partial charge is 0.468 e. The van der Waals surface area contributed by atoms with Crippen LogP contribution in [-0.2, 0) is 11.3 Å². The number of anilines is 1. The second kappa shape index (κ2) is 6.20. The second-order valence-corrected chi connectivity index (χ2v) is 4.53. The Labute approximate surface area is 113 Å². The fraction of sp³-hybridized carbons (Fsp3) is 0.267. The summed E-state index contributed by atoms with van der Waals surface area (Å²) in [6, 6.07) is 13.0. The first-order valence-electron chi connectivity index (χ1n) is 6.25. The van der Waals surface area contributed by atoms with E-state index in [1.807, 2.05) is 61.3 Å². The summed E-state index contributed by atoms with van der Waals surface area (Å²) >= 11 is 0. The molecular formula is C15H18N2O2. The van der Waals surface area contributed by atoms with Crippen molar-refractivity contribution in [3.63, 3.8) is 0 Å². The van der Waals surface area contributed by atoms with Crippen LogP contribution in [0.5, 0.6) is 0 Å². The number of carbonyl (C=O) groups is 1. The van der Waals surface area contributed by atoms with Crippen molar-refractivity contribution >= 4 is 11.6 Å². The average molecular weight is 258 g/mol. The minimum absolute atomic E-state index is 0.0275. The number of furan rings is 1. The first kappa shape index (κ1) is 13.4. The number of para-hydroxylation sites is 1. The van der Waals surface area contributed by atoms with Gasteiger partial charge in [-0.25, -0.2) is 0 Å². The van der Waals surface area contributed by atoms with Gasteiger partial charge in [0.25, 0.3) is 0 Å². The molecule has 0 saturated carbocycles. The van der Waals surface area contributed by atoms with Crippen LogP contribution in [0.15, 0.2) is 53.1 Å². The number of amides is 1. The molecule has 0 fully saturated rings. The van der Waals surface area contributed by atoms with Gasteiger partial charge in [0.05, 0.1) is 18.8 Å². The summed E-state index contributed by atoms with van der Waals surface area (Å²) in [5, 5.41) is 2.89. The molecule has 0 unspecified atom stereocenters. The van der Waals surface area contributed by atoms with Gasteiger partial charge in [0.1, 0.15) is 5.76 Å². The van der Waals surface area contributed by atoms with Crippen LogP contribution in [-0.4, -0.2) is 23.9 Å². The van der Waals surface area contributed by atoms with Crippen LogP contribution in [0, 0.1) is 0 Å². The van der Waals surface area contributed by atoms with Gasteiger partial charge in [0, 0.05) is 5.69 Å². The number of carbonyl (C=O) groups excluding carboxylic acids is 1. The van der Waals surface area contributed by atoms with Crippen LogP contribution >= 0.6 is 0 Å². The Morgan fingerprint density at radius 2 is 2.00 bits per heavy atom. The molecule has 1 N–H and O–H groups in total. The van der Waals surface area contributed by atoms with Crippen LogP contribution in [0.2, 0.25) is 0 Å². The third kappa shape index (κ3) is 3.69. The molecule has 1 amide bonds. The Bertz CT molecular complexity index is 508. The van der Waals surface area contributed by atoms with E-state index in [-0.39, 0.29) is 11.9 Å². The fourth-order valence-electron chi connectivity index (χ4n) is 1.75. The van der Waals surface area contributed by atoms with Crippen molar-refractivity contribution in [1.82, 2.24) is 4.90 Å². The van der Waals surface area contributed by atoms with Gasteiger partial charge in [-0.3, -0.25) is 9.69 Å². The van der Waals surface area contributed by atoms with E-state index in [0.29, 0.717) is 6.54 Å². The van der Waals surface area contributed by atoms with Gasteiger partial charge in [-0.15, -0.1) is 0 Å². The van der Waals surface area contributed by atoms with Gasteiger partial charge in [0.2, 0.25) is 5.91 Å². The molecule has 4 heteroatoms. The third-order valence-corrected chi connectivity index (χ3v) is 3.07. The van der Waals surface area contributed by atoms with E-state index in [0.717, 1.165) is 11.4 Å². The minimum atomic E-state index is -0.231. The summed E-state index contributed by atoms with van der Waals surface area (Å²) in [5.41, 5.74) is 0.811. The first-order valence-corrected chi connectivity index (χ1v) is 6.25. The van der Waals surface area contributed by atoms with Gasteiger partial charge in [0.15, 0.2) is 0 Å². The van der Waals surface area contributed by atoms with E-state index in [1.54, 1.807) is 6.26 Å². The Hall–Kier alpha value is -2.07. The van der Waals surface area contributed by atoms with E-state index < -0.39 is 0 Å². The number of nitrogens with one attached hydrogen (secondary N) is 1. The van der Waals surface area contributed by atoms with E-state index in [9.17, 15) is 4.79 Å². The Morgan fingerprint density at radius 1 is 1.26 bits per heavy atom. The Kier molecular flexibility index (Phi) is 4.36. The lowest BCUT2D eigenvalue weighted by atomic mass is 10.2. The molecule has 100 valence electrons. The smallest absolute Gasteiger partial charge is 0.241 e. The van der Waals surface area contributed by atoms with Gasteiger partial charge in [-0.05, 0) is 38.2 Å². The van der Waals surface area contributed by atoms with Crippen LogP contribution in [0.25, 0.3) is 0 Å². The van der Waals surface area contributed by atoms with Crippen molar-refractivity contribution in [2.24, 2.45) is 0 Å². The maximum atomic E-state index is 12.1. The van der Waals surface area contributed by atoms with Gasteiger partial charge in [-0.2, -0.15) is 0 Å². The predicted octanol–water partition coefficient (Wildman–Crippen LogP) is 2.74. The molecule has 1 aromatic carbocycles. The first-order chi connectivity index (χ1) is 9.16. The van der Waals surface area contributed by atoms with Crippen molar-refractivity contribution in [2.75, 3.05) is 12.4 Å². The zero-order chi connectivity index (χ0) is 13.7. The maximum Gasteiger partial charge on any atom is 0.241 e. The SMILES string of the molecule is C[C@H](C(=O)Nc1ccccc1)N(C)Cc1ccco1. The average Bonchev–Trinajstić information content (AvgIpc) is 2.91. The molecule has 1 heterocycles. The molecule has 0 bridgehead atoms. The number of benzene rings is 1. The molecule has 19 heavy (non-hydrogen) atoms. The highest BCUT2D eigenvalue weighted by atomic mass is 16.3. The zero-order valence-corrected chi connectivity index (χ0v) is 11.2. The van der Waals surface area contributed by atoms with E-state index in [2.05, 4.69) is 5.32 Å². The highest BCUT2D eigenvalue weighted by Crippen LogP contribution is 2.10. The van der Waals surface area contributed by atoms with Gasteiger partial charge in [-0.1, -0.05) is 18.2 Å². The van der Waals surface area contributed by atoms with Crippen molar-refractivity contribution in [3.8, 4) is 0 Å². The second-order valence-electron chi connectivity index (χ2n) is 4.53. The van der Waals surface area contributed by atoms with Crippen LogP contribution in [0.4, 0.5) is 5.69 Å². The van der Waals surface area contributed by atoms with Gasteiger partial charge >= 0.3 is 0 Å². The monoisotopic (exact) mass is 258 g/mol. The zero-order valence-electron chi connectivity index (χ0n) is 11.2. The van der Waals surface area contributed by atoms with Crippen LogP contribution in [0.3, 0.4) is 0 Å². The van der Waals surface area contributed by atoms with Crippen molar-refractivity contribution in [1.29, 1.82) is 0 Å². The predicted molar refractivity (Wildman–Crippen MR) is 74.7 cm³/mol. The summed E-state index contributed by atoms with van der Waals surface area (Å²) in [6.07, 6.45) is 1.64. The highest BCUT2D eigenvalue weighted by Gasteiger charge is 2.18. The van der Waals surface area contributed by atoms with E-state index >= 15 is 0 Å². The molecule has 0 aliphatic heterocycles. The molecule has 0 saturated heterocycles. The molecule has 0 aliphatic carbocycles. The minimum Gasteiger partial charge on any atom is -0.468 e. The fourth-order valence-corrected chi connectivity index (χ4v) is 1.75. The summed E-state index contributed by atoms with van der Waals surface area (Å²) in [7, 11) is 1.90. The molecular weight excluding hydrogens is 240 g/mol. The molecule has 0 radical (unpaired) electrons. The molecule has 4 nitrogen and oxygen atoms in total. The number of rotatable bonds is 5. The highest BCUT2D eigenvalue weighted by molar-refractivity contribution is 5.94. The normalized spacial score (nSPS) is 12.4. The molecule has 1 aromatic heterocycles. The summed E-state index contributed by atoms with van der Waals surface area (Å²) in [6.45, 7) is 2.48. The lowest BCUT2D eigenvalue weighted by Gasteiger charge is -2.22. The van der Waals surface area contributed by atoms with Crippen molar-refractivity contribution in [2.45, 2.75) is 19.5 Å². The van der Waals surface area contributed by atoms with Gasteiger partial charge < -0.3 is 9.73 Å². The molecule has 2 rings (SSSR count). The number of likely N-dealkylation sites (N-methyl/N-ethyl adjacent to an activating group) is 1. The number of hydrogen-bond donors (Lipinski definition) is 1. The summed E-state index contributed by atoms with van der Waals surface area (Å²) in [4.78, 5) is 14.0. The molecule has 0 spiro atoms. The quantitative estimate of drug-likeness (QED) is 0.897. The van der Waals surface area contributed by atoms with E-state index in [4.69, 9.17) is 4.42 Å². The lowest BCUT2D eigenvalue weighted by molar-refractivity contribution is -0.120. The summed E-state index contributed by atoms with van der Waals surface area (Å²) in [5.74, 6) is 0.821. The lowest BCUT2D eigenvalue weighted by Crippen LogP contribution is -2.39.